The minimum absolute atomic E-state index is 0.209. The van der Waals surface area contributed by atoms with E-state index in [0.717, 1.165) is 6.20 Å². The Bertz CT molecular complexity index is 1800. The Hall–Kier alpha value is -2.06. The average Bonchev–Trinajstić information content (AvgIpc) is 3.42. The fourth-order valence-corrected chi connectivity index (χ4v) is 15.9. The van der Waals surface area contributed by atoms with Crippen molar-refractivity contribution in [2.45, 2.75) is 49.0 Å². The highest BCUT2D eigenvalue weighted by atomic mass is 31.3. The second-order valence-electron chi connectivity index (χ2n) is 11.4. The molecule has 26 heteroatoms. The largest absolute Gasteiger partial charge is 0.497 e. The number of hydrogen-bond acceptors (Lipinski definition) is 16. The van der Waals surface area contributed by atoms with E-state index in [1.165, 1.54) is 19.2 Å². The smallest absolute Gasteiger partial charge is 0.337 e. The highest BCUT2D eigenvalue weighted by molar-refractivity contribution is 7.84. The van der Waals surface area contributed by atoms with E-state index in [9.17, 15) is 67.8 Å². The van der Waals surface area contributed by atoms with Crippen LogP contribution >= 0.6 is 29.9 Å². The van der Waals surface area contributed by atoms with Crippen molar-refractivity contribution in [2.75, 3.05) is 38.0 Å². The lowest BCUT2D eigenvalue weighted by molar-refractivity contribution is -0.115. The van der Waals surface area contributed by atoms with Crippen LogP contribution in [0, 0.1) is 0 Å². The summed E-state index contributed by atoms with van der Waals surface area (Å²) in [7, 11) is -18.9. The van der Waals surface area contributed by atoms with Gasteiger partial charge >= 0.3 is 20.9 Å². The first-order valence-corrected chi connectivity index (χ1v) is 21.9. The predicted molar refractivity (Wildman–Crippen MR) is 167 cm³/mol. The zero-order valence-electron chi connectivity index (χ0n) is 25.8. The van der Waals surface area contributed by atoms with Crippen LogP contribution in [0.4, 0.5) is 0 Å². The summed E-state index contributed by atoms with van der Waals surface area (Å²) in [6.07, 6.45) is -11.9. The number of aromatic amines is 2. The zero-order valence-corrected chi connectivity index (χ0v) is 29.4. The topological polar surface area (TPSA) is 351 Å². The summed E-state index contributed by atoms with van der Waals surface area (Å²) in [5.41, 5.74) is -2.13. The highest BCUT2D eigenvalue weighted by Gasteiger charge is 2.48. The third kappa shape index (κ3) is 10.7. The Labute approximate surface area is 281 Å². The molecule has 0 radical (unpaired) electrons. The van der Waals surface area contributed by atoms with Gasteiger partial charge in [-0.3, -0.25) is 28.0 Å². The summed E-state index contributed by atoms with van der Waals surface area (Å²) in [4.78, 5) is 68.2. The van der Waals surface area contributed by atoms with Crippen molar-refractivity contribution in [2.24, 2.45) is 0 Å². The molecular weight excluding hydrogens is 760 g/mol. The molecule has 10 N–H and O–H groups in total. The molecule has 4 unspecified atom stereocenters. The summed E-state index contributed by atoms with van der Waals surface area (Å²) >= 11 is 0. The van der Waals surface area contributed by atoms with E-state index in [1.54, 1.807) is 12.1 Å². The molecule has 2 fully saturated rings. The first-order chi connectivity index (χ1) is 23.1. The number of aliphatic hydroxyl groups is 4. The van der Waals surface area contributed by atoms with Crippen LogP contribution in [-0.4, -0.2) is 131 Å². The van der Waals surface area contributed by atoms with Crippen LogP contribution in [0.15, 0.2) is 40.1 Å². The van der Waals surface area contributed by atoms with Crippen molar-refractivity contribution in [1.29, 1.82) is 0 Å². The van der Waals surface area contributed by atoms with E-state index >= 15 is 0 Å². The monoisotopic (exact) mass is 796 g/mol. The van der Waals surface area contributed by atoms with Crippen LogP contribution in [0.3, 0.4) is 0 Å². The molecule has 3 heterocycles. The Balaban J connectivity index is 1.27. The van der Waals surface area contributed by atoms with E-state index in [-0.39, 0.29) is 11.3 Å². The maximum absolute atomic E-state index is 12.7. The number of ether oxygens (including phenoxy) is 4. The molecule has 1 aromatic heterocycles. The van der Waals surface area contributed by atoms with Gasteiger partial charge < -0.3 is 73.0 Å². The molecule has 0 spiro atoms. The van der Waals surface area contributed by atoms with E-state index in [1.807, 2.05) is 4.98 Å². The molecular formula is C24H36N2O20P4. The van der Waals surface area contributed by atoms with Crippen LogP contribution in [0.5, 0.6) is 11.5 Å². The van der Waals surface area contributed by atoms with Crippen molar-refractivity contribution in [3.63, 3.8) is 0 Å². The quantitative estimate of drug-likeness (QED) is 0.0871. The van der Waals surface area contributed by atoms with Gasteiger partial charge in [0, 0.05) is 6.20 Å². The third-order valence-corrected chi connectivity index (χ3v) is 18.3. The van der Waals surface area contributed by atoms with Crippen LogP contribution in [-0.2, 0) is 36.8 Å². The lowest BCUT2D eigenvalue weighted by Crippen LogP contribution is -2.35. The van der Waals surface area contributed by atoms with Crippen molar-refractivity contribution in [1.82, 2.24) is 9.97 Å². The van der Waals surface area contributed by atoms with Gasteiger partial charge in [0.25, 0.3) is 5.56 Å². The van der Waals surface area contributed by atoms with E-state index < -0.39 is 121 Å². The molecule has 0 saturated carbocycles. The van der Waals surface area contributed by atoms with Gasteiger partial charge in [-0.25, -0.2) is 4.79 Å². The Morgan fingerprint density at radius 3 is 1.74 bits per heavy atom. The normalized spacial score (nSPS) is 31.6. The maximum Gasteiger partial charge on any atom is 0.337 e. The molecule has 1 aromatic carbocycles. The van der Waals surface area contributed by atoms with E-state index in [0.29, 0.717) is 5.75 Å². The third-order valence-electron chi connectivity index (χ3n) is 7.27. The standard InChI is InChI=1S/C24H36N2O20P4/c1-41-12-2-4-13(5-3-12)44-23-20(30)18(28)16(46-23)8-43-50(39,40)11-48(35,36)9-47(33,34)10-49(37,38)42-7-15-17(27)19(29)21(45-15)14-6-25-24(32)26-22(14)31/h2-6,15-21,23,27-30H,7-11H2,1H3,(H,33,34)(H,35,36)(H,37,38)(H,39,40)(H2,25,26,31,32)/t15-,16-,17-,18-,19-,20-,21+,23-/m1/s1. The fraction of sp³-hybridized carbons (Fsp3) is 0.583. The van der Waals surface area contributed by atoms with E-state index in [2.05, 4.69) is 4.98 Å². The van der Waals surface area contributed by atoms with Crippen molar-refractivity contribution in [3.8, 4) is 11.5 Å². The molecule has 2 aliphatic rings. The molecule has 50 heavy (non-hydrogen) atoms. The summed E-state index contributed by atoms with van der Waals surface area (Å²) in [6.45, 7) is -1.87. The van der Waals surface area contributed by atoms with Crippen LogP contribution in [0.2, 0.25) is 0 Å². The molecule has 22 nitrogen and oxygen atoms in total. The minimum atomic E-state index is -5.12. The van der Waals surface area contributed by atoms with Gasteiger partial charge in [-0.1, -0.05) is 0 Å². The number of hydrogen-bond donors (Lipinski definition) is 10. The number of methoxy groups -OCH3 is 1. The van der Waals surface area contributed by atoms with Gasteiger partial charge in [0.2, 0.25) is 21.0 Å². The summed E-state index contributed by atoms with van der Waals surface area (Å²) in [5.74, 6) is -4.13. The van der Waals surface area contributed by atoms with Crippen molar-refractivity contribution in [3.05, 3.63) is 56.9 Å². The molecule has 0 aliphatic carbocycles. The van der Waals surface area contributed by atoms with Gasteiger partial charge in [-0.15, -0.1) is 0 Å². The van der Waals surface area contributed by atoms with Crippen molar-refractivity contribution < 1.29 is 86.3 Å². The molecule has 2 aromatic rings. The highest BCUT2D eigenvalue weighted by Crippen LogP contribution is 2.68. The first-order valence-electron chi connectivity index (χ1n) is 14.3. The Morgan fingerprint density at radius 1 is 0.720 bits per heavy atom. The van der Waals surface area contributed by atoms with Crippen LogP contribution in [0.1, 0.15) is 11.7 Å². The predicted octanol–water partition coefficient (Wildman–Crippen LogP) is -1.42. The molecule has 2 aliphatic heterocycles. The van der Waals surface area contributed by atoms with Gasteiger partial charge in [0.05, 0.1) is 25.9 Å². The number of aliphatic hydroxyl groups excluding tert-OH is 4. The lowest BCUT2D eigenvalue weighted by atomic mass is 10.0. The summed E-state index contributed by atoms with van der Waals surface area (Å²) < 4.78 is 81.4. The fourth-order valence-electron chi connectivity index (χ4n) is 4.97. The number of aromatic nitrogens is 2. The minimum Gasteiger partial charge on any atom is -0.497 e. The molecule has 0 bridgehead atoms. The summed E-state index contributed by atoms with van der Waals surface area (Å²) in [6, 6.07) is 6.04. The van der Waals surface area contributed by atoms with Crippen molar-refractivity contribution >= 4 is 29.9 Å². The molecule has 2 saturated heterocycles. The van der Waals surface area contributed by atoms with Gasteiger partial charge in [-0.05, 0) is 24.3 Å². The number of rotatable bonds is 16. The van der Waals surface area contributed by atoms with Crippen LogP contribution < -0.4 is 20.7 Å². The first kappa shape index (κ1) is 40.7. The number of nitrogens with one attached hydrogen (secondary N) is 2. The zero-order chi connectivity index (χ0) is 37.2. The Morgan fingerprint density at radius 2 is 1.22 bits per heavy atom. The number of H-pyrrole nitrogens is 2. The lowest BCUT2D eigenvalue weighted by Gasteiger charge is -2.22. The average molecular weight is 796 g/mol. The second-order valence-corrected chi connectivity index (χ2v) is 21.2. The van der Waals surface area contributed by atoms with E-state index in [4.69, 9.17) is 28.0 Å². The van der Waals surface area contributed by atoms with Crippen LogP contribution in [0.25, 0.3) is 0 Å². The Kier molecular flexibility index (Phi) is 12.9. The maximum atomic E-state index is 12.7. The molecule has 0 amide bonds. The molecule has 12 atom stereocenters. The van der Waals surface area contributed by atoms with Gasteiger partial charge in [0.15, 0.2) is 0 Å². The molecule has 282 valence electrons. The van der Waals surface area contributed by atoms with Gasteiger partial charge in [-0.2, -0.15) is 0 Å². The second kappa shape index (κ2) is 15.9. The summed E-state index contributed by atoms with van der Waals surface area (Å²) in [5, 5.41) is 41.1. The molecule has 4 rings (SSSR count). The SMILES string of the molecule is COc1ccc(O[C@@H]2O[C@H](COP(=O)(O)CP(=O)(O)CP(=O)(O)CP(=O)(O)OC[C@H]3O[C@@H](c4c[nH]c(=O)[nH]c4=O)[C@H](O)[C@@H]3O)[C@@H](O)[C@H]2O)cc1. The number of benzene rings is 1. The van der Waals surface area contributed by atoms with Gasteiger partial charge in [0.1, 0.15) is 71.9 Å².